The number of nitrogens with zero attached hydrogens (tertiary/aromatic N) is 1. The lowest BCUT2D eigenvalue weighted by molar-refractivity contribution is 0.0208. The third-order valence-corrected chi connectivity index (χ3v) is 3.81. The van der Waals surface area contributed by atoms with Crippen LogP contribution in [0.3, 0.4) is 0 Å². The predicted octanol–water partition coefficient (Wildman–Crippen LogP) is 2.23. The van der Waals surface area contributed by atoms with Gasteiger partial charge in [-0.1, -0.05) is 13.8 Å². The van der Waals surface area contributed by atoms with E-state index < -0.39 is 5.60 Å². The van der Waals surface area contributed by atoms with E-state index in [2.05, 4.69) is 13.8 Å². The summed E-state index contributed by atoms with van der Waals surface area (Å²) in [6.45, 7) is 11.9. The molecule has 2 N–H and O–H groups in total. The van der Waals surface area contributed by atoms with Crippen molar-refractivity contribution in [2.75, 3.05) is 7.05 Å². The second-order valence-electron chi connectivity index (χ2n) is 6.70. The van der Waals surface area contributed by atoms with Crippen LogP contribution in [0.25, 0.3) is 0 Å². The van der Waals surface area contributed by atoms with E-state index in [-0.39, 0.29) is 23.6 Å². The van der Waals surface area contributed by atoms with Crippen LogP contribution in [0, 0.1) is 11.3 Å². The lowest BCUT2D eigenvalue weighted by Crippen LogP contribution is -2.41. The van der Waals surface area contributed by atoms with Crippen molar-refractivity contribution < 1.29 is 9.53 Å². The fraction of sp³-hybridized carbons (Fsp3) is 0.923. The minimum atomic E-state index is -0.452. The average molecular weight is 242 g/mol. The molecule has 1 aliphatic rings. The van der Waals surface area contributed by atoms with Crippen molar-refractivity contribution in [2.45, 2.75) is 59.2 Å². The van der Waals surface area contributed by atoms with Crippen LogP contribution in [0.4, 0.5) is 4.79 Å². The molecule has 0 spiro atoms. The Hall–Kier alpha value is -0.770. The average Bonchev–Trinajstić information content (AvgIpc) is 2.61. The summed E-state index contributed by atoms with van der Waals surface area (Å²) in [5, 5.41) is 0. The zero-order valence-electron chi connectivity index (χ0n) is 12.1. The summed E-state index contributed by atoms with van der Waals surface area (Å²) in [6.07, 6.45) is -0.278. The highest BCUT2D eigenvalue weighted by Gasteiger charge is 2.59. The van der Waals surface area contributed by atoms with Gasteiger partial charge in [-0.25, -0.2) is 4.79 Å². The molecule has 1 unspecified atom stereocenters. The quantitative estimate of drug-likeness (QED) is 0.808. The smallest absolute Gasteiger partial charge is 0.410 e. The van der Waals surface area contributed by atoms with Crippen molar-refractivity contribution in [1.82, 2.24) is 4.90 Å². The Morgan fingerprint density at radius 3 is 2.12 bits per heavy atom. The van der Waals surface area contributed by atoms with Gasteiger partial charge in [0.2, 0.25) is 0 Å². The number of ether oxygens (including phenoxy) is 1. The molecule has 0 aromatic carbocycles. The van der Waals surface area contributed by atoms with Crippen LogP contribution in [-0.2, 0) is 4.74 Å². The van der Waals surface area contributed by atoms with Crippen LogP contribution in [0.5, 0.6) is 0 Å². The Balaban J connectivity index is 2.60. The minimum Gasteiger partial charge on any atom is -0.444 e. The normalized spacial score (nSPS) is 28.5. The first-order valence-electron chi connectivity index (χ1n) is 6.20. The Labute approximate surface area is 104 Å². The molecule has 0 aliphatic heterocycles. The first-order valence-corrected chi connectivity index (χ1v) is 6.20. The van der Waals surface area contributed by atoms with Crippen LogP contribution in [0.2, 0.25) is 0 Å². The molecule has 1 saturated carbocycles. The summed E-state index contributed by atoms with van der Waals surface area (Å²) in [5.74, 6) is 0.347. The molecule has 3 atom stereocenters. The molecule has 100 valence electrons. The van der Waals surface area contributed by atoms with Crippen molar-refractivity contribution in [3.8, 4) is 0 Å². The summed E-state index contributed by atoms with van der Waals surface area (Å²) in [6, 6.07) is 0.275. The zero-order chi connectivity index (χ0) is 13.6. The van der Waals surface area contributed by atoms with E-state index in [0.29, 0.717) is 5.92 Å². The minimum absolute atomic E-state index is 0.106. The zero-order valence-corrected chi connectivity index (χ0v) is 12.1. The fourth-order valence-corrected chi connectivity index (χ4v) is 2.38. The van der Waals surface area contributed by atoms with Crippen LogP contribution in [-0.4, -0.2) is 35.7 Å². The molecule has 0 saturated heterocycles. The molecular weight excluding hydrogens is 216 g/mol. The van der Waals surface area contributed by atoms with Gasteiger partial charge in [0.15, 0.2) is 0 Å². The highest BCUT2D eigenvalue weighted by molar-refractivity contribution is 5.68. The molecule has 17 heavy (non-hydrogen) atoms. The van der Waals surface area contributed by atoms with Crippen LogP contribution >= 0.6 is 0 Å². The SMILES string of the molecule is CC([C@H]1[C@H](N)C1(C)C)N(C)C(=O)OC(C)(C)C. The molecule has 0 radical (unpaired) electrons. The monoisotopic (exact) mass is 242 g/mol. The van der Waals surface area contributed by atoms with Gasteiger partial charge in [0.05, 0.1) is 0 Å². The van der Waals surface area contributed by atoms with E-state index in [1.54, 1.807) is 11.9 Å². The molecule has 4 nitrogen and oxygen atoms in total. The standard InChI is InChI=1S/C13H26N2O2/c1-8(9-10(14)13(9,5)6)15(7)11(16)17-12(2,3)4/h8-10H,14H2,1-7H3/t8?,9-,10-/m0/s1. The number of carbonyl (C=O) groups excluding carboxylic acids is 1. The van der Waals surface area contributed by atoms with Gasteiger partial charge in [0, 0.05) is 25.0 Å². The van der Waals surface area contributed by atoms with Crippen LogP contribution < -0.4 is 5.73 Å². The number of hydrogen-bond acceptors (Lipinski definition) is 3. The van der Waals surface area contributed by atoms with Gasteiger partial charge in [-0.2, -0.15) is 0 Å². The summed E-state index contributed by atoms with van der Waals surface area (Å²) >= 11 is 0. The fourth-order valence-electron chi connectivity index (χ4n) is 2.38. The lowest BCUT2D eigenvalue weighted by atomic mass is 10.0. The molecule has 4 heteroatoms. The lowest BCUT2D eigenvalue weighted by Gasteiger charge is -2.29. The Morgan fingerprint density at radius 2 is 1.82 bits per heavy atom. The highest BCUT2D eigenvalue weighted by Crippen LogP contribution is 2.53. The second-order valence-corrected chi connectivity index (χ2v) is 6.70. The first kappa shape index (κ1) is 14.3. The molecule has 1 amide bonds. The molecule has 1 rings (SSSR count). The van der Waals surface area contributed by atoms with Gasteiger partial charge in [-0.05, 0) is 33.1 Å². The molecule has 0 aromatic rings. The topological polar surface area (TPSA) is 55.6 Å². The second kappa shape index (κ2) is 4.16. The Kier molecular flexibility index (Phi) is 3.50. The van der Waals surface area contributed by atoms with Gasteiger partial charge in [0.25, 0.3) is 0 Å². The largest absolute Gasteiger partial charge is 0.444 e. The first-order chi connectivity index (χ1) is 7.48. The van der Waals surface area contributed by atoms with E-state index in [1.807, 2.05) is 27.7 Å². The Morgan fingerprint density at radius 1 is 1.41 bits per heavy atom. The van der Waals surface area contributed by atoms with Gasteiger partial charge in [0.1, 0.15) is 5.60 Å². The van der Waals surface area contributed by atoms with E-state index >= 15 is 0 Å². The summed E-state index contributed by atoms with van der Waals surface area (Å²) in [5.41, 5.74) is 5.70. The van der Waals surface area contributed by atoms with Gasteiger partial charge < -0.3 is 15.4 Å². The molecule has 1 aliphatic carbocycles. The van der Waals surface area contributed by atoms with Gasteiger partial charge in [-0.15, -0.1) is 0 Å². The van der Waals surface area contributed by atoms with Gasteiger partial charge >= 0.3 is 6.09 Å². The summed E-state index contributed by atoms with van der Waals surface area (Å²) in [4.78, 5) is 13.6. The molecular formula is C13H26N2O2. The van der Waals surface area contributed by atoms with Crippen molar-refractivity contribution in [2.24, 2.45) is 17.1 Å². The van der Waals surface area contributed by atoms with E-state index in [9.17, 15) is 4.79 Å². The molecule has 0 bridgehead atoms. The van der Waals surface area contributed by atoms with Crippen LogP contribution in [0.15, 0.2) is 0 Å². The number of amides is 1. The number of rotatable bonds is 2. The maximum absolute atomic E-state index is 11.9. The predicted molar refractivity (Wildman–Crippen MR) is 68.7 cm³/mol. The Bertz CT molecular complexity index is 307. The third kappa shape index (κ3) is 2.92. The van der Waals surface area contributed by atoms with Crippen molar-refractivity contribution >= 4 is 6.09 Å². The maximum atomic E-state index is 11.9. The number of hydrogen-bond donors (Lipinski definition) is 1. The molecule has 1 fully saturated rings. The van der Waals surface area contributed by atoms with E-state index in [1.165, 1.54) is 0 Å². The highest BCUT2D eigenvalue weighted by atomic mass is 16.6. The molecule has 0 heterocycles. The van der Waals surface area contributed by atoms with Gasteiger partial charge in [-0.3, -0.25) is 0 Å². The van der Waals surface area contributed by atoms with Crippen molar-refractivity contribution in [3.63, 3.8) is 0 Å². The maximum Gasteiger partial charge on any atom is 0.410 e. The third-order valence-electron chi connectivity index (χ3n) is 3.81. The van der Waals surface area contributed by atoms with E-state index in [0.717, 1.165) is 0 Å². The van der Waals surface area contributed by atoms with Crippen molar-refractivity contribution in [3.05, 3.63) is 0 Å². The number of carbonyl (C=O) groups is 1. The number of nitrogens with two attached hydrogens (primary N) is 1. The van der Waals surface area contributed by atoms with Crippen molar-refractivity contribution in [1.29, 1.82) is 0 Å². The summed E-state index contributed by atoms with van der Waals surface area (Å²) in [7, 11) is 1.78. The molecule has 0 aromatic heterocycles. The van der Waals surface area contributed by atoms with Crippen LogP contribution in [0.1, 0.15) is 41.5 Å². The van der Waals surface area contributed by atoms with E-state index in [4.69, 9.17) is 10.5 Å². The summed E-state index contributed by atoms with van der Waals surface area (Å²) < 4.78 is 5.35.